The zero-order valence-electron chi connectivity index (χ0n) is 20.6. The van der Waals surface area contributed by atoms with Crippen LogP contribution in [0.5, 0.6) is 0 Å². The first-order valence-corrected chi connectivity index (χ1v) is 12.9. The summed E-state index contributed by atoms with van der Waals surface area (Å²) in [5, 5.41) is 2.95. The third kappa shape index (κ3) is 6.56. The van der Waals surface area contributed by atoms with E-state index in [4.69, 9.17) is 10.5 Å². The molecule has 1 unspecified atom stereocenters. The van der Waals surface area contributed by atoms with Crippen molar-refractivity contribution in [3.05, 3.63) is 35.4 Å². The summed E-state index contributed by atoms with van der Waals surface area (Å²) >= 11 is 0. The maximum absolute atomic E-state index is 13.1. The van der Waals surface area contributed by atoms with Crippen LogP contribution >= 0.6 is 0 Å². The molecule has 2 amide bonds. The highest BCUT2D eigenvalue weighted by molar-refractivity contribution is 5.89. The van der Waals surface area contributed by atoms with Gasteiger partial charge >= 0.3 is 0 Å². The molecule has 1 saturated carbocycles. The van der Waals surface area contributed by atoms with Crippen molar-refractivity contribution in [2.24, 2.45) is 11.7 Å². The summed E-state index contributed by atoms with van der Waals surface area (Å²) in [5.74, 6) is 0.212. The van der Waals surface area contributed by atoms with E-state index in [9.17, 15) is 9.59 Å². The second-order valence-corrected chi connectivity index (χ2v) is 9.93. The number of morpholine rings is 1. The predicted octanol–water partition coefficient (Wildman–Crippen LogP) is 0.974. The summed E-state index contributed by atoms with van der Waals surface area (Å²) in [6.45, 7) is 9.95. The molecular formula is C26H41N5O3. The van der Waals surface area contributed by atoms with Crippen molar-refractivity contribution in [3.8, 4) is 0 Å². The van der Waals surface area contributed by atoms with E-state index in [1.165, 1.54) is 11.1 Å². The first-order chi connectivity index (χ1) is 16.6. The van der Waals surface area contributed by atoms with Crippen LogP contribution in [0.3, 0.4) is 0 Å². The molecule has 8 heteroatoms. The molecule has 3 N–H and O–H groups in total. The molecule has 2 aliphatic heterocycles. The van der Waals surface area contributed by atoms with Crippen LogP contribution in [0.2, 0.25) is 0 Å². The van der Waals surface area contributed by atoms with Crippen LogP contribution in [0.25, 0.3) is 0 Å². The SMILES string of the molecule is Cc1ccccc1CN(CCN1CCOCC1)C1CCN(C(=O)C2CC2)[C@@H](C(=O)NCCN)C1. The number of benzene rings is 1. The minimum absolute atomic E-state index is 0.0619. The Labute approximate surface area is 203 Å². The molecule has 4 rings (SSSR count). The van der Waals surface area contributed by atoms with Gasteiger partial charge in [-0.05, 0) is 43.7 Å². The van der Waals surface area contributed by atoms with Crippen molar-refractivity contribution in [1.29, 1.82) is 0 Å². The highest BCUT2D eigenvalue weighted by atomic mass is 16.5. The summed E-state index contributed by atoms with van der Waals surface area (Å²) in [5.41, 5.74) is 8.24. The van der Waals surface area contributed by atoms with Gasteiger partial charge in [-0.25, -0.2) is 0 Å². The number of hydrogen-bond donors (Lipinski definition) is 2. The summed E-state index contributed by atoms with van der Waals surface area (Å²) in [6.07, 6.45) is 3.47. The Morgan fingerprint density at radius 2 is 1.91 bits per heavy atom. The average molecular weight is 472 g/mol. The molecule has 1 aromatic rings. The van der Waals surface area contributed by atoms with Crippen LogP contribution in [-0.2, 0) is 20.9 Å². The molecule has 0 radical (unpaired) electrons. The van der Waals surface area contributed by atoms with Gasteiger partial charge in [0.2, 0.25) is 11.8 Å². The number of piperidine rings is 1. The Hall–Kier alpha value is -2.00. The zero-order chi connectivity index (χ0) is 23.9. The Morgan fingerprint density at radius 3 is 2.62 bits per heavy atom. The maximum atomic E-state index is 13.1. The van der Waals surface area contributed by atoms with Gasteiger partial charge in [0.25, 0.3) is 0 Å². The third-order valence-corrected chi connectivity index (χ3v) is 7.49. The smallest absolute Gasteiger partial charge is 0.242 e. The van der Waals surface area contributed by atoms with E-state index in [0.29, 0.717) is 26.1 Å². The summed E-state index contributed by atoms with van der Waals surface area (Å²) < 4.78 is 5.52. The van der Waals surface area contributed by atoms with Crippen molar-refractivity contribution >= 4 is 11.8 Å². The fraction of sp³-hybridized carbons (Fsp3) is 0.692. The van der Waals surface area contributed by atoms with Crippen LogP contribution in [-0.4, -0.2) is 97.6 Å². The van der Waals surface area contributed by atoms with E-state index in [1.807, 2.05) is 4.90 Å². The molecule has 0 aromatic heterocycles. The van der Waals surface area contributed by atoms with Gasteiger partial charge < -0.3 is 20.7 Å². The molecule has 0 bridgehead atoms. The van der Waals surface area contributed by atoms with Crippen LogP contribution in [0, 0.1) is 12.8 Å². The van der Waals surface area contributed by atoms with Crippen LogP contribution in [0.1, 0.15) is 36.8 Å². The number of carbonyl (C=O) groups excluding carboxylic acids is 2. The van der Waals surface area contributed by atoms with Gasteiger partial charge in [0.1, 0.15) is 6.04 Å². The van der Waals surface area contributed by atoms with Crippen molar-refractivity contribution in [2.45, 2.75) is 51.2 Å². The monoisotopic (exact) mass is 471 g/mol. The number of carbonyl (C=O) groups is 2. The second kappa shape index (κ2) is 12.1. The number of aryl methyl sites for hydroxylation is 1. The number of nitrogens with two attached hydrogens (primary N) is 1. The van der Waals surface area contributed by atoms with Crippen molar-refractivity contribution in [1.82, 2.24) is 20.0 Å². The van der Waals surface area contributed by atoms with Gasteiger partial charge in [0.05, 0.1) is 13.2 Å². The molecule has 188 valence electrons. The minimum atomic E-state index is -0.416. The second-order valence-electron chi connectivity index (χ2n) is 9.93. The first-order valence-electron chi connectivity index (χ1n) is 12.9. The number of nitrogens with zero attached hydrogens (tertiary/aromatic N) is 3. The molecule has 2 saturated heterocycles. The minimum Gasteiger partial charge on any atom is -0.379 e. The third-order valence-electron chi connectivity index (χ3n) is 7.49. The lowest BCUT2D eigenvalue weighted by Crippen LogP contribution is -2.58. The van der Waals surface area contributed by atoms with E-state index in [-0.39, 0.29) is 23.8 Å². The van der Waals surface area contributed by atoms with Gasteiger partial charge in [-0.3, -0.25) is 19.4 Å². The molecule has 0 spiro atoms. The van der Waals surface area contributed by atoms with Crippen molar-refractivity contribution < 1.29 is 14.3 Å². The average Bonchev–Trinajstić information content (AvgIpc) is 3.72. The van der Waals surface area contributed by atoms with E-state index >= 15 is 0 Å². The Morgan fingerprint density at radius 1 is 1.15 bits per heavy atom. The highest BCUT2D eigenvalue weighted by Crippen LogP contribution is 2.34. The summed E-state index contributed by atoms with van der Waals surface area (Å²) in [6, 6.07) is 8.38. The number of rotatable bonds is 10. The molecule has 8 nitrogen and oxygen atoms in total. The van der Waals surface area contributed by atoms with Gasteiger partial charge in [0, 0.05) is 64.3 Å². The first kappa shape index (κ1) is 25.1. The topological polar surface area (TPSA) is 91.1 Å². The van der Waals surface area contributed by atoms with Gasteiger partial charge in [-0.2, -0.15) is 0 Å². The maximum Gasteiger partial charge on any atom is 0.242 e. The number of ether oxygens (including phenoxy) is 1. The van der Waals surface area contributed by atoms with Crippen molar-refractivity contribution in [3.63, 3.8) is 0 Å². The van der Waals surface area contributed by atoms with E-state index in [2.05, 4.69) is 46.3 Å². The van der Waals surface area contributed by atoms with Crippen LogP contribution in [0.4, 0.5) is 0 Å². The molecule has 3 aliphatic rings. The zero-order valence-corrected chi connectivity index (χ0v) is 20.6. The Balaban J connectivity index is 1.49. The molecule has 34 heavy (non-hydrogen) atoms. The number of amides is 2. The van der Waals surface area contributed by atoms with Gasteiger partial charge in [-0.15, -0.1) is 0 Å². The molecular weight excluding hydrogens is 430 g/mol. The standard InChI is InChI=1S/C26H41N5O3/c1-20-4-2-3-5-22(20)19-30(13-12-29-14-16-34-17-15-29)23-8-11-31(26(33)21-6-7-21)24(18-23)25(32)28-10-9-27/h2-5,21,23-24H,6-19,27H2,1H3,(H,28,32)/t23?,24-/m1/s1. The van der Waals surface area contributed by atoms with Gasteiger partial charge in [0.15, 0.2) is 0 Å². The normalized spacial score (nSPS) is 23.8. The lowest BCUT2D eigenvalue weighted by Gasteiger charge is -2.43. The van der Waals surface area contributed by atoms with E-state index < -0.39 is 6.04 Å². The van der Waals surface area contributed by atoms with Crippen LogP contribution < -0.4 is 11.1 Å². The molecule has 2 heterocycles. The molecule has 2 atom stereocenters. The lowest BCUT2D eigenvalue weighted by atomic mass is 9.93. The number of hydrogen-bond acceptors (Lipinski definition) is 6. The quantitative estimate of drug-likeness (QED) is 0.529. The Bertz CT molecular complexity index is 824. The summed E-state index contributed by atoms with van der Waals surface area (Å²) in [4.78, 5) is 32.9. The van der Waals surface area contributed by atoms with Gasteiger partial charge in [-0.1, -0.05) is 24.3 Å². The van der Waals surface area contributed by atoms with E-state index in [1.54, 1.807) is 0 Å². The Kier molecular flexibility index (Phi) is 8.94. The molecule has 3 fully saturated rings. The largest absolute Gasteiger partial charge is 0.379 e. The molecule has 1 aliphatic carbocycles. The number of nitrogens with one attached hydrogen (secondary N) is 1. The number of likely N-dealkylation sites (tertiary alicyclic amines) is 1. The summed E-state index contributed by atoms with van der Waals surface area (Å²) in [7, 11) is 0. The van der Waals surface area contributed by atoms with Crippen LogP contribution in [0.15, 0.2) is 24.3 Å². The fourth-order valence-corrected chi connectivity index (χ4v) is 5.16. The molecule has 1 aromatic carbocycles. The fourth-order valence-electron chi connectivity index (χ4n) is 5.16. The lowest BCUT2D eigenvalue weighted by molar-refractivity contribution is -0.144. The predicted molar refractivity (Wildman–Crippen MR) is 132 cm³/mol. The van der Waals surface area contributed by atoms with Crippen molar-refractivity contribution in [2.75, 3.05) is 59.0 Å². The highest BCUT2D eigenvalue weighted by Gasteiger charge is 2.42. The van der Waals surface area contributed by atoms with E-state index in [0.717, 1.165) is 65.2 Å².